The van der Waals surface area contributed by atoms with E-state index in [0.717, 1.165) is 6.26 Å². The van der Waals surface area contributed by atoms with Crippen molar-refractivity contribution in [2.75, 3.05) is 25.7 Å². The molecule has 6 nitrogen and oxygen atoms in total. The second-order valence-electron chi connectivity index (χ2n) is 3.65. The highest BCUT2D eigenvalue weighted by Gasteiger charge is 2.17. The molecule has 18 heavy (non-hydrogen) atoms. The van der Waals surface area contributed by atoms with Crippen LogP contribution in [0.4, 0.5) is 0 Å². The van der Waals surface area contributed by atoms with Gasteiger partial charge in [0.15, 0.2) is 27.1 Å². The molecule has 0 spiro atoms. The third kappa shape index (κ3) is 3.99. The van der Waals surface area contributed by atoms with Crippen molar-refractivity contribution in [1.29, 1.82) is 0 Å². The molecule has 0 N–H and O–H groups in total. The van der Waals surface area contributed by atoms with E-state index in [2.05, 4.69) is 4.98 Å². The van der Waals surface area contributed by atoms with Crippen LogP contribution in [0.2, 0.25) is 0 Å². The van der Waals surface area contributed by atoms with Crippen LogP contribution in [0.3, 0.4) is 0 Å². The minimum absolute atomic E-state index is 0.0460. The number of pyridine rings is 1. The van der Waals surface area contributed by atoms with Gasteiger partial charge in [0, 0.05) is 12.3 Å². The van der Waals surface area contributed by atoms with Crippen LogP contribution in [0.25, 0.3) is 0 Å². The summed E-state index contributed by atoms with van der Waals surface area (Å²) in [5, 5.41) is 0. The van der Waals surface area contributed by atoms with Gasteiger partial charge in [-0.3, -0.25) is 4.79 Å². The van der Waals surface area contributed by atoms with Gasteiger partial charge in [-0.05, 0) is 6.92 Å². The second-order valence-corrected chi connectivity index (χ2v) is 5.79. The number of hydrogen-bond acceptors (Lipinski definition) is 6. The van der Waals surface area contributed by atoms with Crippen LogP contribution < -0.4 is 9.47 Å². The van der Waals surface area contributed by atoms with E-state index >= 15 is 0 Å². The smallest absolute Gasteiger partial charge is 0.196 e. The van der Waals surface area contributed by atoms with Crippen LogP contribution in [0, 0.1) is 0 Å². The third-order valence-electron chi connectivity index (χ3n) is 2.03. The topological polar surface area (TPSA) is 82.6 Å². The molecule has 0 unspecified atom stereocenters. The fourth-order valence-corrected chi connectivity index (χ4v) is 1.93. The molecule has 0 saturated heterocycles. The number of Topliss-reactive ketones (excluding diaryl/α,β-unsaturated/α-hetero) is 1. The van der Waals surface area contributed by atoms with Gasteiger partial charge in [0.2, 0.25) is 0 Å². The van der Waals surface area contributed by atoms with Crippen molar-refractivity contribution in [2.45, 2.75) is 6.92 Å². The number of rotatable bonds is 6. The first-order valence-corrected chi connectivity index (χ1v) is 7.31. The molecule has 1 aromatic heterocycles. The Balaban J connectivity index is 3.04. The highest BCUT2D eigenvalue weighted by atomic mass is 32.2. The summed E-state index contributed by atoms with van der Waals surface area (Å²) in [6, 6.07) is 1.38. The standard InChI is InChI=1S/C11H15NO5S/c1-4-17-10-5-8(12-6-11(10)16-2)9(13)7-18(3,14)15/h5-6H,4,7H2,1-3H3. The molecule has 0 bridgehead atoms. The number of carbonyl (C=O) groups excluding carboxylic acids is 1. The fraction of sp³-hybridized carbons (Fsp3) is 0.455. The molecule has 0 aliphatic carbocycles. The summed E-state index contributed by atoms with van der Waals surface area (Å²) in [6.07, 6.45) is 2.33. The minimum atomic E-state index is -3.37. The van der Waals surface area contributed by atoms with Gasteiger partial charge in [0.25, 0.3) is 0 Å². The van der Waals surface area contributed by atoms with Crippen molar-refractivity contribution in [3.63, 3.8) is 0 Å². The summed E-state index contributed by atoms with van der Waals surface area (Å²) in [7, 11) is -1.92. The van der Waals surface area contributed by atoms with Crippen molar-refractivity contribution in [3.05, 3.63) is 18.0 Å². The van der Waals surface area contributed by atoms with Gasteiger partial charge in [0.1, 0.15) is 11.4 Å². The summed E-state index contributed by atoms with van der Waals surface area (Å²) in [6.45, 7) is 2.19. The third-order valence-corrected chi connectivity index (χ3v) is 2.82. The first kappa shape index (κ1) is 14.4. The molecule has 100 valence electrons. The van der Waals surface area contributed by atoms with E-state index in [1.54, 1.807) is 6.92 Å². The van der Waals surface area contributed by atoms with E-state index in [0.29, 0.717) is 18.1 Å². The molecule has 0 saturated carbocycles. The first-order valence-electron chi connectivity index (χ1n) is 5.25. The number of hydrogen-bond donors (Lipinski definition) is 0. The molecule has 0 aromatic carbocycles. The first-order chi connectivity index (χ1) is 8.37. The summed E-state index contributed by atoms with van der Waals surface area (Å²) in [5.41, 5.74) is 0.0460. The molecule has 0 atom stereocenters. The average Bonchev–Trinajstić information content (AvgIpc) is 2.27. The van der Waals surface area contributed by atoms with Crippen LogP contribution in [-0.2, 0) is 9.84 Å². The molecule has 1 aromatic rings. The van der Waals surface area contributed by atoms with Crippen LogP contribution in [0.1, 0.15) is 17.4 Å². The lowest BCUT2D eigenvalue weighted by atomic mass is 10.2. The largest absolute Gasteiger partial charge is 0.491 e. The lowest BCUT2D eigenvalue weighted by Gasteiger charge is -2.09. The molecule has 7 heteroatoms. The molecule has 1 heterocycles. The van der Waals surface area contributed by atoms with E-state index in [1.807, 2.05) is 0 Å². The van der Waals surface area contributed by atoms with E-state index in [-0.39, 0.29) is 5.69 Å². The Bertz CT molecular complexity index is 538. The predicted octanol–water partition coefficient (Wildman–Crippen LogP) is 0.716. The van der Waals surface area contributed by atoms with Gasteiger partial charge in [0.05, 0.1) is 19.9 Å². The summed E-state index contributed by atoms with van der Waals surface area (Å²) in [5.74, 6) is -0.376. The van der Waals surface area contributed by atoms with Gasteiger partial charge in [-0.15, -0.1) is 0 Å². The number of methoxy groups -OCH3 is 1. The number of ketones is 1. The molecule has 0 radical (unpaired) electrons. The van der Waals surface area contributed by atoms with Crippen molar-refractivity contribution in [2.24, 2.45) is 0 Å². The minimum Gasteiger partial charge on any atom is -0.491 e. The van der Waals surface area contributed by atoms with Gasteiger partial charge >= 0.3 is 0 Å². The Labute approximate surface area is 106 Å². The van der Waals surface area contributed by atoms with Crippen LogP contribution in [-0.4, -0.2) is 44.9 Å². The van der Waals surface area contributed by atoms with E-state index in [1.165, 1.54) is 19.4 Å². The molecule has 0 aliphatic rings. The Morgan fingerprint density at radius 1 is 1.39 bits per heavy atom. The molecule has 0 aliphatic heterocycles. The Kier molecular flexibility index (Phi) is 4.66. The summed E-state index contributed by atoms with van der Waals surface area (Å²) in [4.78, 5) is 15.5. The monoisotopic (exact) mass is 273 g/mol. The molecule has 1 rings (SSSR count). The molecular weight excluding hydrogens is 258 g/mol. The molecule has 0 amide bonds. The van der Waals surface area contributed by atoms with Gasteiger partial charge in [-0.1, -0.05) is 0 Å². The van der Waals surface area contributed by atoms with E-state index in [9.17, 15) is 13.2 Å². The zero-order chi connectivity index (χ0) is 13.8. The number of aromatic nitrogens is 1. The summed E-state index contributed by atoms with van der Waals surface area (Å²) >= 11 is 0. The van der Waals surface area contributed by atoms with Crippen molar-refractivity contribution in [1.82, 2.24) is 4.98 Å². The maximum Gasteiger partial charge on any atom is 0.196 e. The van der Waals surface area contributed by atoms with Crippen LogP contribution in [0.5, 0.6) is 11.5 Å². The van der Waals surface area contributed by atoms with Crippen LogP contribution >= 0.6 is 0 Å². The highest BCUT2D eigenvalue weighted by Crippen LogP contribution is 2.26. The Morgan fingerprint density at radius 2 is 2.06 bits per heavy atom. The predicted molar refractivity (Wildman–Crippen MR) is 66.0 cm³/mol. The molecular formula is C11H15NO5S. The SMILES string of the molecule is CCOc1cc(C(=O)CS(C)(=O)=O)ncc1OC. The molecule has 0 fully saturated rings. The fourth-order valence-electron chi connectivity index (χ4n) is 1.31. The zero-order valence-electron chi connectivity index (χ0n) is 10.5. The maximum absolute atomic E-state index is 11.7. The quantitative estimate of drug-likeness (QED) is 0.710. The van der Waals surface area contributed by atoms with Crippen molar-refractivity contribution in [3.8, 4) is 11.5 Å². The average molecular weight is 273 g/mol. The van der Waals surface area contributed by atoms with Gasteiger partial charge in [-0.2, -0.15) is 0 Å². The normalized spacial score (nSPS) is 11.1. The second kappa shape index (κ2) is 5.81. The number of ether oxygens (including phenoxy) is 2. The summed E-state index contributed by atoms with van der Waals surface area (Å²) < 4.78 is 32.4. The Hall–Kier alpha value is -1.63. The number of sulfone groups is 1. The van der Waals surface area contributed by atoms with E-state index < -0.39 is 21.4 Å². The zero-order valence-corrected chi connectivity index (χ0v) is 11.3. The van der Waals surface area contributed by atoms with Crippen LogP contribution in [0.15, 0.2) is 12.3 Å². The number of carbonyl (C=O) groups is 1. The van der Waals surface area contributed by atoms with E-state index in [4.69, 9.17) is 9.47 Å². The van der Waals surface area contributed by atoms with Gasteiger partial charge < -0.3 is 9.47 Å². The Morgan fingerprint density at radius 3 is 2.56 bits per heavy atom. The maximum atomic E-state index is 11.7. The van der Waals surface area contributed by atoms with Crippen molar-refractivity contribution >= 4 is 15.6 Å². The lowest BCUT2D eigenvalue weighted by Crippen LogP contribution is -2.16. The van der Waals surface area contributed by atoms with Gasteiger partial charge in [-0.25, -0.2) is 13.4 Å². The highest BCUT2D eigenvalue weighted by molar-refractivity contribution is 7.91. The number of nitrogens with zero attached hydrogens (tertiary/aromatic N) is 1. The lowest BCUT2D eigenvalue weighted by molar-refractivity contribution is 0.101. The van der Waals surface area contributed by atoms with Crippen molar-refractivity contribution < 1.29 is 22.7 Å².